The average molecular weight is 261 g/mol. The van der Waals surface area contributed by atoms with E-state index in [0.29, 0.717) is 5.92 Å². The number of hydrogen-bond acceptors (Lipinski definition) is 2. The molecule has 2 nitrogen and oxygen atoms in total. The van der Waals surface area contributed by atoms with Crippen LogP contribution in [0.15, 0.2) is 18.2 Å². The molecule has 0 bridgehead atoms. The Bertz CT molecular complexity index is 427. The second-order valence-electron chi connectivity index (χ2n) is 6.87. The number of hydrogen-bond donors (Lipinski definition) is 2. The van der Waals surface area contributed by atoms with E-state index in [1.54, 1.807) is 0 Å². The monoisotopic (exact) mass is 261 g/mol. The van der Waals surface area contributed by atoms with Gasteiger partial charge >= 0.3 is 0 Å². The average Bonchev–Trinajstić information content (AvgIpc) is 2.38. The number of aliphatic hydroxyl groups excluding tert-OH is 1. The summed E-state index contributed by atoms with van der Waals surface area (Å²) >= 11 is 0. The van der Waals surface area contributed by atoms with Crippen molar-refractivity contribution in [2.45, 2.75) is 52.1 Å². The number of rotatable bonds is 2. The summed E-state index contributed by atoms with van der Waals surface area (Å²) in [5.41, 5.74) is 3.82. The molecule has 2 heteroatoms. The van der Waals surface area contributed by atoms with Gasteiger partial charge in [0.05, 0.1) is 6.10 Å². The van der Waals surface area contributed by atoms with Gasteiger partial charge in [-0.15, -0.1) is 0 Å². The van der Waals surface area contributed by atoms with E-state index in [0.717, 1.165) is 25.1 Å². The zero-order valence-corrected chi connectivity index (χ0v) is 12.7. The van der Waals surface area contributed by atoms with Crippen molar-refractivity contribution in [2.24, 2.45) is 5.92 Å². The first-order valence-electron chi connectivity index (χ1n) is 7.39. The van der Waals surface area contributed by atoms with Gasteiger partial charge in [-0.25, -0.2) is 0 Å². The fourth-order valence-corrected chi connectivity index (χ4v) is 2.88. The standard InChI is InChI=1S/C17H27NO/c1-12-10-14(17(2,3)4)7-8-15(12)16(19)13-6-5-9-18-11-13/h7-8,10,13,16,18-19H,5-6,9,11H2,1-4H3. The first kappa shape index (κ1) is 14.5. The molecule has 1 aromatic rings. The Hall–Kier alpha value is -0.860. The summed E-state index contributed by atoms with van der Waals surface area (Å²) in [5, 5.41) is 14.0. The van der Waals surface area contributed by atoms with Crippen molar-refractivity contribution < 1.29 is 5.11 Å². The lowest BCUT2D eigenvalue weighted by atomic mass is 9.82. The van der Waals surface area contributed by atoms with Crippen LogP contribution in [-0.2, 0) is 5.41 Å². The van der Waals surface area contributed by atoms with Crippen LogP contribution in [0.4, 0.5) is 0 Å². The third-order valence-electron chi connectivity index (χ3n) is 4.24. The first-order chi connectivity index (χ1) is 8.89. The van der Waals surface area contributed by atoms with Crippen molar-refractivity contribution in [1.82, 2.24) is 5.32 Å². The fraction of sp³-hybridized carbons (Fsp3) is 0.647. The van der Waals surface area contributed by atoms with Crippen molar-refractivity contribution >= 4 is 0 Å². The lowest BCUT2D eigenvalue weighted by molar-refractivity contribution is 0.0916. The summed E-state index contributed by atoms with van der Waals surface area (Å²) < 4.78 is 0. The number of aliphatic hydroxyl groups is 1. The topological polar surface area (TPSA) is 32.3 Å². The minimum atomic E-state index is -0.332. The largest absolute Gasteiger partial charge is 0.388 e. The maximum absolute atomic E-state index is 10.6. The molecule has 1 aromatic carbocycles. The van der Waals surface area contributed by atoms with Crippen LogP contribution in [0.1, 0.15) is 56.4 Å². The van der Waals surface area contributed by atoms with Gasteiger partial charge < -0.3 is 10.4 Å². The lowest BCUT2D eigenvalue weighted by Crippen LogP contribution is -2.33. The van der Waals surface area contributed by atoms with Gasteiger partial charge in [0.2, 0.25) is 0 Å². The van der Waals surface area contributed by atoms with Crippen LogP contribution < -0.4 is 5.32 Å². The molecule has 19 heavy (non-hydrogen) atoms. The molecule has 0 saturated carbocycles. The van der Waals surface area contributed by atoms with Gasteiger partial charge in [0.1, 0.15) is 0 Å². The highest BCUT2D eigenvalue weighted by Gasteiger charge is 2.24. The van der Waals surface area contributed by atoms with Crippen molar-refractivity contribution in [2.75, 3.05) is 13.1 Å². The van der Waals surface area contributed by atoms with Crippen molar-refractivity contribution in [3.63, 3.8) is 0 Å². The summed E-state index contributed by atoms with van der Waals surface area (Å²) in [6.07, 6.45) is 1.96. The van der Waals surface area contributed by atoms with Crippen LogP contribution in [-0.4, -0.2) is 18.2 Å². The van der Waals surface area contributed by atoms with Crippen molar-refractivity contribution in [3.05, 3.63) is 34.9 Å². The van der Waals surface area contributed by atoms with Gasteiger partial charge in [0.15, 0.2) is 0 Å². The summed E-state index contributed by atoms with van der Waals surface area (Å²) in [5.74, 6) is 0.355. The minimum absolute atomic E-state index is 0.167. The molecule has 106 valence electrons. The molecule has 2 unspecified atom stereocenters. The van der Waals surface area contributed by atoms with E-state index in [2.05, 4.69) is 51.2 Å². The highest BCUT2D eigenvalue weighted by molar-refractivity contribution is 5.36. The van der Waals surface area contributed by atoms with Crippen LogP contribution in [0, 0.1) is 12.8 Å². The van der Waals surface area contributed by atoms with E-state index in [1.165, 1.54) is 17.5 Å². The van der Waals surface area contributed by atoms with E-state index in [1.807, 2.05) is 0 Å². The smallest absolute Gasteiger partial charge is 0.0832 e. The van der Waals surface area contributed by atoms with Crippen molar-refractivity contribution in [1.29, 1.82) is 0 Å². The summed E-state index contributed by atoms with van der Waals surface area (Å²) in [6, 6.07) is 6.52. The third kappa shape index (κ3) is 3.37. The molecule has 1 heterocycles. The van der Waals surface area contributed by atoms with Crippen LogP contribution >= 0.6 is 0 Å². The van der Waals surface area contributed by atoms with Crippen LogP contribution in [0.3, 0.4) is 0 Å². The fourth-order valence-electron chi connectivity index (χ4n) is 2.88. The van der Waals surface area contributed by atoms with Crippen LogP contribution in [0.2, 0.25) is 0 Å². The molecular formula is C17H27NO. The van der Waals surface area contributed by atoms with Gasteiger partial charge in [-0.1, -0.05) is 39.0 Å². The Morgan fingerprint density at radius 2 is 2.05 bits per heavy atom. The Kier molecular flexibility index (Phi) is 4.32. The molecule has 0 aromatic heterocycles. The molecule has 1 fully saturated rings. The molecule has 0 amide bonds. The van der Waals surface area contributed by atoms with Crippen LogP contribution in [0.5, 0.6) is 0 Å². The third-order valence-corrected chi connectivity index (χ3v) is 4.24. The van der Waals surface area contributed by atoms with Crippen molar-refractivity contribution in [3.8, 4) is 0 Å². The summed E-state index contributed by atoms with van der Waals surface area (Å²) in [4.78, 5) is 0. The Balaban J connectivity index is 2.20. The molecule has 0 spiro atoms. The quantitative estimate of drug-likeness (QED) is 0.856. The zero-order valence-electron chi connectivity index (χ0n) is 12.7. The highest BCUT2D eigenvalue weighted by atomic mass is 16.3. The predicted molar refractivity (Wildman–Crippen MR) is 80.4 cm³/mol. The molecule has 0 aliphatic carbocycles. The number of aryl methyl sites for hydroxylation is 1. The van der Waals surface area contributed by atoms with E-state index < -0.39 is 0 Å². The molecule has 1 saturated heterocycles. The van der Waals surface area contributed by atoms with E-state index in [4.69, 9.17) is 0 Å². The second-order valence-corrected chi connectivity index (χ2v) is 6.87. The molecule has 2 rings (SSSR count). The first-order valence-corrected chi connectivity index (χ1v) is 7.39. The van der Waals surface area contributed by atoms with Gasteiger partial charge in [0.25, 0.3) is 0 Å². The van der Waals surface area contributed by atoms with E-state index in [-0.39, 0.29) is 11.5 Å². The highest BCUT2D eigenvalue weighted by Crippen LogP contribution is 2.32. The molecule has 2 N–H and O–H groups in total. The molecule has 2 atom stereocenters. The number of piperidine rings is 1. The Labute approximate surface area is 117 Å². The molecular weight excluding hydrogens is 234 g/mol. The van der Waals surface area contributed by atoms with Gasteiger partial charge in [-0.05, 0) is 48.4 Å². The maximum Gasteiger partial charge on any atom is 0.0832 e. The van der Waals surface area contributed by atoms with E-state index in [9.17, 15) is 5.11 Å². The Morgan fingerprint density at radius 3 is 2.58 bits per heavy atom. The van der Waals surface area contributed by atoms with Gasteiger partial charge in [-0.3, -0.25) is 0 Å². The number of nitrogens with one attached hydrogen (secondary N) is 1. The van der Waals surface area contributed by atoms with E-state index >= 15 is 0 Å². The maximum atomic E-state index is 10.6. The molecule has 1 aliphatic rings. The second kappa shape index (κ2) is 5.64. The van der Waals surface area contributed by atoms with Crippen LogP contribution in [0.25, 0.3) is 0 Å². The number of benzene rings is 1. The predicted octanol–water partition coefficient (Wildman–Crippen LogP) is 3.33. The lowest BCUT2D eigenvalue weighted by Gasteiger charge is -2.29. The summed E-state index contributed by atoms with van der Waals surface area (Å²) in [6.45, 7) is 10.8. The molecule has 1 aliphatic heterocycles. The molecule has 0 radical (unpaired) electrons. The normalized spacial score (nSPS) is 22.3. The van der Waals surface area contributed by atoms with Gasteiger partial charge in [0, 0.05) is 12.5 Å². The zero-order chi connectivity index (χ0) is 14.0. The SMILES string of the molecule is Cc1cc(C(C)(C)C)ccc1C(O)C1CCCNC1. The Morgan fingerprint density at radius 1 is 1.32 bits per heavy atom. The summed E-state index contributed by atoms with van der Waals surface area (Å²) in [7, 11) is 0. The minimum Gasteiger partial charge on any atom is -0.388 e. The van der Waals surface area contributed by atoms with Gasteiger partial charge in [-0.2, -0.15) is 0 Å².